The Kier molecular flexibility index (Phi) is 19.6. The number of para-hydroxylation sites is 1. The predicted octanol–water partition coefficient (Wildman–Crippen LogP) is -2.30. The van der Waals surface area contributed by atoms with Crippen LogP contribution in [0.4, 0.5) is 0 Å². The van der Waals surface area contributed by atoms with Crippen molar-refractivity contribution in [2.75, 3.05) is 27.9 Å². The first-order chi connectivity index (χ1) is 16.8. The van der Waals surface area contributed by atoms with E-state index in [2.05, 4.69) is 4.99 Å². The van der Waals surface area contributed by atoms with Crippen LogP contribution < -0.4 is 15.3 Å². The molecular formula is C25H32NO11V-5. The fraction of sp³-hybridized carbons (Fsp3) is 0.440. The second-order valence-corrected chi connectivity index (χ2v) is 7.73. The van der Waals surface area contributed by atoms with Gasteiger partial charge >= 0.3 is 0 Å². The minimum atomic E-state index is -1.30. The van der Waals surface area contributed by atoms with E-state index in [0.717, 1.165) is 5.56 Å². The van der Waals surface area contributed by atoms with Crippen molar-refractivity contribution in [3.63, 3.8) is 0 Å². The van der Waals surface area contributed by atoms with E-state index >= 15 is 0 Å². The van der Waals surface area contributed by atoms with E-state index in [4.69, 9.17) is 18.9 Å². The first kappa shape index (κ1) is 37.8. The zero-order chi connectivity index (χ0) is 25.8. The Hall–Kier alpha value is -2.36. The van der Waals surface area contributed by atoms with Crippen LogP contribution in [-0.2, 0) is 54.2 Å². The fourth-order valence-electron chi connectivity index (χ4n) is 3.46. The van der Waals surface area contributed by atoms with Crippen LogP contribution in [0.5, 0.6) is 5.75 Å². The van der Waals surface area contributed by atoms with Crippen LogP contribution in [0, 0.1) is 0 Å². The second kappa shape index (κ2) is 19.7. The van der Waals surface area contributed by atoms with Crippen molar-refractivity contribution in [1.29, 1.82) is 0 Å². The van der Waals surface area contributed by atoms with Gasteiger partial charge in [0.2, 0.25) is 0 Å². The van der Waals surface area contributed by atoms with Crippen molar-refractivity contribution in [1.82, 2.24) is 0 Å². The predicted molar refractivity (Wildman–Crippen MR) is 125 cm³/mol. The van der Waals surface area contributed by atoms with Crippen molar-refractivity contribution in [2.45, 2.75) is 43.2 Å². The molecule has 0 bridgehead atoms. The third-order valence-electron chi connectivity index (χ3n) is 5.31. The average molecular weight is 573 g/mol. The Morgan fingerprint density at radius 1 is 1.11 bits per heavy atom. The number of carbonyl (C=O) groups excluding carboxylic acids is 1. The molecule has 0 aromatic heterocycles. The maximum Gasteiger partial charge on any atom is 0.182 e. The number of hydrogen-bond donors (Lipinski definition) is 1. The van der Waals surface area contributed by atoms with Crippen molar-refractivity contribution < 1.29 is 73.7 Å². The van der Waals surface area contributed by atoms with Crippen LogP contribution in [0.25, 0.3) is 0 Å². The molecular weight excluding hydrogens is 541 g/mol. The second-order valence-electron chi connectivity index (χ2n) is 7.73. The number of benzene rings is 2. The number of nitrogens with zero attached hydrogens (tertiary/aromatic N) is 1. The molecule has 1 heterocycles. The summed E-state index contributed by atoms with van der Waals surface area (Å²) in [5.74, 6) is -1.44. The number of carboxylic acids is 1. The largest absolute Gasteiger partial charge is 2.00 e. The third-order valence-corrected chi connectivity index (χ3v) is 5.31. The zero-order valence-electron chi connectivity index (χ0n) is 21.2. The van der Waals surface area contributed by atoms with E-state index in [1.807, 2.05) is 30.3 Å². The molecule has 12 nitrogen and oxygen atoms in total. The van der Waals surface area contributed by atoms with Gasteiger partial charge in [-0.2, -0.15) is 0 Å². The van der Waals surface area contributed by atoms with E-state index in [9.17, 15) is 25.2 Å². The van der Waals surface area contributed by atoms with Gasteiger partial charge in [-0.3, -0.25) is 4.99 Å². The maximum atomic E-state index is 11.7. The summed E-state index contributed by atoms with van der Waals surface area (Å²) < 4.78 is 20.1. The van der Waals surface area contributed by atoms with Crippen LogP contribution in [0.3, 0.4) is 0 Å². The molecule has 13 heteroatoms. The number of aliphatic carboxylic acids is 1. The van der Waals surface area contributed by atoms with Crippen molar-refractivity contribution >= 4 is 12.2 Å². The molecule has 1 fully saturated rings. The molecule has 2 aromatic carbocycles. The molecule has 0 unspecified atom stereocenters. The first-order valence-electron chi connectivity index (χ1n) is 10.9. The number of aliphatic hydroxyl groups is 1. The van der Waals surface area contributed by atoms with Gasteiger partial charge in [0.25, 0.3) is 0 Å². The average Bonchev–Trinajstić information content (AvgIpc) is 2.86. The Morgan fingerprint density at radius 2 is 1.71 bits per heavy atom. The number of aliphatic hydroxyl groups excluding tert-OH is 1. The quantitative estimate of drug-likeness (QED) is 0.319. The molecule has 3 rings (SSSR count). The van der Waals surface area contributed by atoms with Gasteiger partial charge in [0, 0.05) is 52.5 Å². The summed E-state index contributed by atoms with van der Waals surface area (Å²) in [5, 5.41) is 43.9. The van der Waals surface area contributed by atoms with Crippen LogP contribution in [-0.4, -0.2) is 87.5 Å². The summed E-state index contributed by atoms with van der Waals surface area (Å²) in [5.41, 5.74) is 1.22. The first-order valence-corrected chi connectivity index (χ1v) is 10.9. The van der Waals surface area contributed by atoms with Gasteiger partial charge in [-0.1, -0.05) is 60.7 Å². The number of methoxy groups -OCH3 is 3. The van der Waals surface area contributed by atoms with Gasteiger partial charge in [0.05, 0.1) is 30.8 Å². The number of carbonyl (C=O) groups is 1. The summed E-state index contributed by atoms with van der Waals surface area (Å²) in [7, 11) is 4.28. The molecule has 1 aliphatic heterocycles. The number of rotatable bonds is 9. The van der Waals surface area contributed by atoms with E-state index in [1.54, 1.807) is 18.2 Å². The van der Waals surface area contributed by atoms with Crippen LogP contribution in [0.1, 0.15) is 11.1 Å². The number of hydrogen-bond acceptors (Lipinski definition) is 10. The van der Waals surface area contributed by atoms with Crippen molar-refractivity contribution in [3.8, 4) is 5.75 Å². The molecule has 3 N–H and O–H groups in total. The van der Waals surface area contributed by atoms with Gasteiger partial charge < -0.3 is 55.1 Å². The zero-order valence-corrected chi connectivity index (χ0v) is 22.6. The van der Waals surface area contributed by atoms with Gasteiger partial charge in [-0.15, -0.1) is 5.75 Å². The van der Waals surface area contributed by atoms with Crippen LogP contribution >= 0.6 is 0 Å². The molecule has 1 radical (unpaired) electrons. The standard InChI is InChI=1S/C16H15NO3.C9H17O6.H2O.O.V/c18-15-9-5-4-8-13(15)11-17-14(16(19)20)10-12-6-2-1-3-7-12;1-12-4-5-8(13-2)6(10)7(11)9(14-3)15-5;;;/h1-9,11,14,18H,10H2,(H,19,20);5-9,11H,4H2,1-3H3;1H2;;/q;-1;;-2;/p-2/t14-;5-,6-,7+,8-,9+;;;/m01.../s1. The molecule has 38 heavy (non-hydrogen) atoms. The maximum absolute atomic E-state index is 11.7. The number of ether oxygens (including phenoxy) is 4. The van der Waals surface area contributed by atoms with E-state index < -0.39 is 42.7 Å². The molecule has 0 spiro atoms. The third kappa shape index (κ3) is 11.2. The summed E-state index contributed by atoms with van der Waals surface area (Å²) in [4.78, 5) is 15.1. The van der Waals surface area contributed by atoms with E-state index in [-0.39, 0.29) is 48.3 Å². The molecule has 0 amide bonds. The molecule has 1 aliphatic rings. The fourth-order valence-corrected chi connectivity index (χ4v) is 3.46. The Bertz CT molecular complexity index is 935. The van der Waals surface area contributed by atoms with E-state index in [1.165, 1.54) is 33.6 Å². The molecule has 0 aliphatic carbocycles. The Labute approximate surface area is 233 Å². The molecule has 2 aromatic rings. The topological polar surface area (TPSA) is 216 Å². The van der Waals surface area contributed by atoms with Crippen molar-refractivity contribution in [2.24, 2.45) is 4.99 Å². The molecule has 0 saturated carbocycles. The monoisotopic (exact) mass is 573 g/mol. The van der Waals surface area contributed by atoms with E-state index in [0.29, 0.717) is 5.56 Å². The van der Waals surface area contributed by atoms with Gasteiger partial charge in [0.15, 0.2) is 6.29 Å². The van der Waals surface area contributed by atoms with Crippen LogP contribution in [0.2, 0.25) is 0 Å². The molecule has 6 atom stereocenters. The summed E-state index contributed by atoms with van der Waals surface area (Å²) >= 11 is 0. The minimum absolute atomic E-state index is 0. The number of aliphatic imine (C=N–C) groups is 1. The Balaban J connectivity index is 0. The normalized spacial score (nSPS) is 23.0. The van der Waals surface area contributed by atoms with Gasteiger partial charge in [-0.25, -0.2) is 0 Å². The Morgan fingerprint density at radius 3 is 2.24 bits per heavy atom. The smallest absolute Gasteiger partial charge is 0.182 e. The number of carboxylic acid groups (broad SMARTS) is 1. The molecule has 1 saturated heterocycles. The minimum Gasteiger partial charge on any atom is -2.00 e. The van der Waals surface area contributed by atoms with Gasteiger partial charge in [0.1, 0.15) is 6.10 Å². The SMILES string of the molecule is COC[C@H]1O[C@H](OC)[C@@H](O)[C@@H]([O-])[C@@H]1OC.O.O=C([O-])[C@H](Cc1ccccc1)N=Cc1ccccc1[O-].[O-2].[V]. The van der Waals surface area contributed by atoms with Crippen molar-refractivity contribution in [3.05, 3.63) is 65.7 Å². The van der Waals surface area contributed by atoms with Crippen LogP contribution in [0.15, 0.2) is 59.6 Å². The summed E-state index contributed by atoms with van der Waals surface area (Å²) in [6, 6.07) is 14.5. The van der Waals surface area contributed by atoms with Gasteiger partial charge in [-0.05, 0) is 11.1 Å². The summed E-state index contributed by atoms with van der Waals surface area (Å²) in [6.45, 7) is 0.226. The summed E-state index contributed by atoms with van der Waals surface area (Å²) in [6.07, 6.45) is -3.16. The molecule has 213 valence electrons.